The molecule has 1 aliphatic rings. The molecular weight excluding hydrogens is 174 g/mol. The summed E-state index contributed by atoms with van der Waals surface area (Å²) in [4.78, 5) is 2.57. The van der Waals surface area contributed by atoms with Crippen LogP contribution in [-0.4, -0.2) is 36.7 Å². The van der Waals surface area contributed by atoms with Crippen LogP contribution in [0.15, 0.2) is 0 Å². The lowest BCUT2D eigenvalue weighted by molar-refractivity contribution is -0.00514. The van der Waals surface area contributed by atoms with E-state index in [1.165, 1.54) is 45.3 Å². The number of nitrogens with zero attached hydrogens (tertiary/aromatic N) is 1. The molecule has 84 valence electrons. The van der Waals surface area contributed by atoms with Crippen molar-refractivity contribution in [2.24, 2.45) is 0 Å². The van der Waals surface area contributed by atoms with Gasteiger partial charge in [-0.2, -0.15) is 0 Å². The summed E-state index contributed by atoms with van der Waals surface area (Å²) in [6, 6.07) is 0. The Bertz CT molecular complexity index is 145. The molecule has 0 saturated carbocycles. The van der Waals surface area contributed by atoms with Crippen LogP contribution in [0.4, 0.5) is 0 Å². The molecule has 0 N–H and O–H groups in total. The molecule has 1 rings (SSSR count). The number of hydrogen-bond acceptors (Lipinski definition) is 2. The minimum Gasteiger partial charge on any atom is -0.376 e. The molecule has 0 aromatic rings. The Morgan fingerprint density at radius 2 is 1.71 bits per heavy atom. The summed E-state index contributed by atoms with van der Waals surface area (Å²) in [6.07, 6.45) is 5.29. The Balaban J connectivity index is 1.89. The van der Waals surface area contributed by atoms with E-state index in [9.17, 15) is 0 Å². The molecule has 14 heavy (non-hydrogen) atoms. The summed E-state index contributed by atoms with van der Waals surface area (Å²) < 4.78 is 5.68. The smallest absolute Gasteiger partial charge is 0.0598 e. The van der Waals surface area contributed by atoms with Crippen molar-refractivity contribution in [3.63, 3.8) is 0 Å². The lowest BCUT2D eigenvalue weighted by Crippen LogP contribution is -2.22. The number of hydrogen-bond donors (Lipinski definition) is 0. The van der Waals surface area contributed by atoms with Crippen molar-refractivity contribution in [1.29, 1.82) is 0 Å². The van der Waals surface area contributed by atoms with Crippen molar-refractivity contribution in [2.45, 2.75) is 52.1 Å². The summed E-state index contributed by atoms with van der Waals surface area (Å²) in [6.45, 7) is 11.2. The van der Waals surface area contributed by atoms with E-state index in [2.05, 4.69) is 25.7 Å². The molecule has 0 atom stereocenters. The average Bonchev–Trinajstić information content (AvgIpc) is 2.54. The minimum atomic E-state index is 0.0354. The van der Waals surface area contributed by atoms with Gasteiger partial charge in [0, 0.05) is 6.61 Å². The molecule has 0 aromatic heterocycles. The van der Waals surface area contributed by atoms with Crippen molar-refractivity contribution in [3.8, 4) is 0 Å². The summed E-state index contributed by atoms with van der Waals surface area (Å²) in [5.41, 5.74) is 0.0354. The van der Waals surface area contributed by atoms with Gasteiger partial charge in [0.1, 0.15) is 0 Å². The van der Waals surface area contributed by atoms with E-state index in [-0.39, 0.29) is 5.60 Å². The Kier molecular flexibility index (Phi) is 4.90. The highest BCUT2D eigenvalue weighted by molar-refractivity contribution is 4.65. The van der Waals surface area contributed by atoms with Gasteiger partial charge in [0.15, 0.2) is 0 Å². The van der Waals surface area contributed by atoms with Crippen LogP contribution >= 0.6 is 0 Å². The van der Waals surface area contributed by atoms with E-state index < -0.39 is 0 Å². The van der Waals surface area contributed by atoms with E-state index in [0.29, 0.717) is 0 Å². The molecular formula is C12H25NO. The molecule has 0 radical (unpaired) electrons. The standard InChI is InChI=1S/C12H25NO/c1-12(2,3)14-11-7-6-10-13-8-4-5-9-13/h4-11H2,1-3H3. The predicted molar refractivity (Wildman–Crippen MR) is 60.6 cm³/mol. The molecule has 0 spiro atoms. The number of rotatable bonds is 5. The third-order valence-electron chi connectivity index (χ3n) is 2.60. The van der Waals surface area contributed by atoms with Gasteiger partial charge >= 0.3 is 0 Å². The Morgan fingerprint density at radius 1 is 1.07 bits per heavy atom. The van der Waals surface area contributed by atoms with Crippen LogP contribution in [0.3, 0.4) is 0 Å². The van der Waals surface area contributed by atoms with Crippen LogP contribution in [0.2, 0.25) is 0 Å². The molecule has 2 heteroatoms. The monoisotopic (exact) mass is 199 g/mol. The fourth-order valence-corrected chi connectivity index (χ4v) is 1.82. The molecule has 0 aliphatic carbocycles. The summed E-state index contributed by atoms with van der Waals surface area (Å²) in [5, 5.41) is 0. The quantitative estimate of drug-likeness (QED) is 0.631. The highest BCUT2D eigenvalue weighted by atomic mass is 16.5. The molecule has 0 aromatic carbocycles. The maximum Gasteiger partial charge on any atom is 0.0598 e. The van der Waals surface area contributed by atoms with Crippen molar-refractivity contribution >= 4 is 0 Å². The van der Waals surface area contributed by atoms with Gasteiger partial charge in [0.05, 0.1) is 5.60 Å². The second-order valence-electron chi connectivity index (χ2n) is 5.22. The molecule has 0 unspecified atom stereocenters. The van der Waals surface area contributed by atoms with E-state index in [0.717, 1.165) is 6.61 Å². The van der Waals surface area contributed by atoms with Gasteiger partial charge in [-0.25, -0.2) is 0 Å². The third kappa shape index (κ3) is 5.61. The third-order valence-corrected chi connectivity index (χ3v) is 2.60. The van der Waals surface area contributed by atoms with Gasteiger partial charge in [0.2, 0.25) is 0 Å². The van der Waals surface area contributed by atoms with E-state index in [1.54, 1.807) is 0 Å². The minimum absolute atomic E-state index is 0.0354. The Morgan fingerprint density at radius 3 is 2.29 bits per heavy atom. The zero-order valence-corrected chi connectivity index (χ0v) is 10.0. The van der Waals surface area contributed by atoms with Crippen LogP contribution in [0.5, 0.6) is 0 Å². The highest BCUT2D eigenvalue weighted by Gasteiger charge is 2.11. The largest absolute Gasteiger partial charge is 0.376 e. The summed E-state index contributed by atoms with van der Waals surface area (Å²) in [5.74, 6) is 0. The molecule has 1 heterocycles. The maximum atomic E-state index is 5.68. The van der Waals surface area contributed by atoms with Crippen LogP contribution in [0, 0.1) is 0 Å². The maximum absolute atomic E-state index is 5.68. The first-order valence-corrected chi connectivity index (χ1v) is 5.94. The molecule has 2 nitrogen and oxygen atoms in total. The summed E-state index contributed by atoms with van der Waals surface area (Å²) in [7, 11) is 0. The van der Waals surface area contributed by atoms with E-state index in [1.807, 2.05) is 0 Å². The zero-order chi connectivity index (χ0) is 10.4. The van der Waals surface area contributed by atoms with Crippen molar-refractivity contribution in [2.75, 3.05) is 26.2 Å². The lowest BCUT2D eigenvalue weighted by atomic mass is 10.2. The van der Waals surface area contributed by atoms with Crippen molar-refractivity contribution in [3.05, 3.63) is 0 Å². The SMILES string of the molecule is CC(C)(C)OCCCCN1CCCC1. The predicted octanol–water partition coefficient (Wildman–Crippen LogP) is 2.68. The number of unbranched alkanes of at least 4 members (excludes halogenated alkanes) is 1. The van der Waals surface area contributed by atoms with Crippen molar-refractivity contribution in [1.82, 2.24) is 4.90 Å². The second-order valence-corrected chi connectivity index (χ2v) is 5.22. The molecule has 0 bridgehead atoms. The normalized spacial score (nSPS) is 19.1. The fraction of sp³-hybridized carbons (Fsp3) is 1.00. The average molecular weight is 199 g/mol. The van der Waals surface area contributed by atoms with E-state index >= 15 is 0 Å². The molecule has 1 fully saturated rings. The van der Waals surface area contributed by atoms with Gasteiger partial charge in [-0.05, 0) is 66.1 Å². The topological polar surface area (TPSA) is 12.5 Å². The van der Waals surface area contributed by atoms with Gasteiger partial charge in [-0.15, -0.1) is 0 Å². The zero-order valence-electron chi connectivity index (χ0n) is 10.0. The van der Waals surface area contributed by atoms with E-state index in [4.69, 9.17) is 4.74 Å². The highest BCUT2D eigenvalue weighted by Crippen LogP contribution is 2.10. The number of ether oxygens (including phenoxy) is 1. The van der Waals surface area contributed by atoms with Crippen LogP contribution in [-0.2, 0) is 4.74 Å². The van der Waals surface area contributed by atoms with Crippen LogP contribution in [0.25, 0.3) is 0 Å². The molecule has 0 amide bonds. The second kappa shape index (κ2) is 5.72. The fourth-order valence-electron chi connectivity index (χ4n) is 1.82. The van der Waals surface area contributed by atoms with Crippen LogP contribution in [0.1, 0.15) is 46.5 Å². The van der Waals surface area contributed by atoms with Crippen LogP contribution < -0.4 is 0 Å². The van der Waals surface area contributed by atoms with Gasteiger partial charge in [-0.1, -0.05) is 0 Å². The molecule has 1 aliphatic heterocycles. The first kappa shape index (κ1) is 12.0. The lowest BCUT2D eigenvalue weighted by Gasteiger charge is -2.20. The first-order valence-electron chi connectivity index (χ1n) is 5.94. The Labute approximate surface area is 88.6 Å². The number of likely N-dealkylation sites (tertiary alicyclic amines) is 1. The van der Waals surface area contributed by atoms with Gasteiger partial charge < -0.3 is 9.64 Å². The van der Waals surface area contributed by atoms with Gasteiger partial charge in [0.25, 0.3) is 0 Å². The van der Waals surface area contributed by atoms with Gasteiger partial charge in [-0.3, -0.25) is 0 Å². The summed E-state index contributed by atoms with van der Waals surface area (Å²) >= 11 is 0. The van der Waals surface area contributed by atoms with Crippen molar-refractivity contribution < 1.29 is 4.74 Å². The Hall–Kier alpha value is -0.0800. The first-order chi connectivity index (χ1) is 6.58. The molecule has 1 saturated heterocycles.